The Bertz CT molecular complexity index is 1340. The van der Waals surface area contributed by atoms with E-state index in [1.165, 1.54) is 5.30 Å². The molecule has 7 heteroatoms. The van der Waals surface area contributed by atoms with Gasteiger partial charge in [-0.15, -0.1) is 0 Å². The van der Waals surface area contributed by atoms with E-state index in [-0.39, 0.29) is 0 Å². The standard InChI is InChI=1S/C29H33N2O2P3/c1-34(2,3)24-14-12-23(13-15-24)29-30-27(21-8-16-25(17-9-21)35(4,5)32)20-28(31-29)22-10-18-26(19-11-22)36(6,7)33/h8-20H,1H2,2-7H3. The average Bonchev–Trinajstić information content (AvgIpc) is 2.82. The first-order chi connectivity index (χ1) is 16.7. The molecule has 0 amide bonds. The fraction of sp³-hybridized carbons (Fsp3) is 0.207. The lowest BCUT2D eigenvalue weighted by atomic mass is 10.1. The molecule has 0 fully saturated rings. The highest BCUT2D eigenvalue weighted by Gasteiger charge is 2.15. The van der Waals surface area contributed by atoms with Crippen molar-refractivity contribution in [3.05, 3.63) is 78.9 Å². The zero-order valence-corrected chi connectivity index (χ0v) is 24.4. The van der Waals surface area contributed by atoms with Gasteiger partial charge in [0.05, 0.1) is 11.4 Å². The number of benzene rings is 3. The lowest BCUT2D eigenvalue weighted by Crippen LogP contribution is -2.04. The topological polar surface area (TPSA) is 59.9 Å². The molecule has 0 aliphatic rings. The Labute approximate surface area is 215 Å². The fourth-order valence-electron chi connectivity index (χ4n) is 3.87. The summed E-state index contributed by atoms with van der Waals surface area (Å²) in [6.07, 6.45) is 4.34. The van der Waals surface area contributed by atoms with Crippen molar-refractivity contribution >= 4 is 43.4 Å². The summed E-state index contributed by atoms with van der Waals surface area (Å²) in [5, 5.41) is 2.94. The molecule has 0 unspecified atom stereocenters. The van der Waals surface area contributed by atoms with Gasteiger partial charge in [0, 0.05) is 27.3 Å². The van der Waals surface area contributed by atoms with Crippen molar-refractivity contribution in [3.8, 4) is 33.9 Å². The van der Waals surface area contributed by atoms with Gasteiger partial charge in [0.1, 0.15) is 14.3 Å². The van der Waals surface area contributed by atoms with Gasteiger partial charge in [0.25, 0.3) is 0 Å². The summed E-state index contributed by atoms with van der Waals surface area (Å²) in [4.78, 5) is 9.82. The van der Waals surface area contributed by atoms with Crippen LogP contribution in [0.2, 0.25) is 0 Å². The molecule has 0 radical (unpaired) electrons. The van der Waals surface area contributed by atoms with Crippen LogP contribution < -0.4 is 15.9 Å². The first kappa shape index (κ1) is 26.6. The molecule has 0 bridgehead atoms. The minimum absolute atomic E-state index is 0.635. The number of nitrogens with zero attached hydrogens (tertiary/aromatic N) is 2. The van der Waals surface area contributed by atoms with Gasteiger partial charge in [-0.2, -0.15) is 0 Å². The van der Waals surface area contributed by atoms with Crippen molar-refractivity contribution < 1.29 is 9.13 Å². The van der Waals surface area contributed by atoms with Crippen LogP contribution in [0.4, 0.5) is 0 Å². The number of hydrogen-bond acceptors (Lipinski definition) is 4. The minimum Gasteiger partial charge on any atom is -0.319 e. The second-order valence-corrected chi connectivity index (χ2v) is 20.8. The Hall–Kier alpha value is -2.50. The van der Waals surface area contributed by atoms with Gasteiger partial charge in [0.15, 0.2) is 5.82 Å². The first-order valence-corrected chi connectivity index (χ1v) is 19.8. The average molecular weight is 535 g/mol. The van der Waals surface area contributed by atoms with E-state index in [1.54, 1.807) is 26.7 Å². The SMILES string of the molecule is C=P(C)(C)c1ccc(-c2nc(-c3ccc(P(C)(C)=O)cc3)cc(-c3ccc(P(C)(C)=O)cc3)n2)cc1. The largest absolute Gasteiger partial charge is 0.319 e. The summed E-state index contributed by atoms with van der Waals surface area (Å²) in [6, 6.07) is 25.9. The lowest BCUT2D eigenvalue weighted by Gasteiger charge is -2.14. The van der Waals surface area contributed by atoms with E-state index in [0.717, 1.165) is 38.7 Å². The lowest BCUT2D eigenvalue weighted by molar-refractivity contribution is 0.587. The summed E-state index contributed by atoms with van der Waals surface area (Å²) in [6.45, 7) is 10.1. The Morgan fingerprint density at radius 1 is 0.528 bits per heavy atom. The van der Waals surface area contributed by atoms with Gasteiger partial charge in [0.2, 0.25) is 0 Å². The van der Waals surface area contributed by atoms with Crippen LogP contribution in [-0.2, 0) is 9.13 Å². The molecule has 4 nitrogen and oxygen atoms in total. The molecule has 1 aromatic heterocycles. The van der Waals surface area contributed by atoms with Crippen molar-refractivity contribution in [1.82, 2.24) is 9.97 Å². The Balaban J connectivity index is 1.85. The quantitative estimate of drug-likeness (QED) is 0.272. The Morgan fingerprint density at radius 2 is 0.861 bits per heavy atom. The van der Waals surface area contributed by atoms with Crippen LogP contribution in [0.5, 0.6) is 0 Å². The van der Waals surface area contributed by atoms with Crippen LogP contribution in [-0.4, -0.2) is 56.3 Å². The van der Waals surface area contributed by atoms with E-state index in [1.807, 2.05) is 54.6 Å². The second-order valence-electron chi connectivity index (χ2n) is 10.5. The van der Waals surface area contributed by atoms with Crippen LogP contribution in [0, 0.1) is 0 Å². The molecule has 0 atom stereocenters. The Kier molecular flexibility index (Phi) is 7.20. The van der Waals surface area contributed by atoms with Gasteiger partial charge >= 0.3 is 0 Å². The van der Waals surface area contributed by atoms with Crippen molar-refractivity contribution in [2.75, 3.05) is 40.0 Å². The maximum absolute atomic E-state index is 12.5. The zero-order chi connectivity index (χ0) is 26.3. The van der Waals surface area contributed by atoms with Crippen LogP contribution in [0.1, 0.15) is 0 Å². The van der Waals surface area contributed by atoms with Gasteiger partial charge < -0.3 is 9.13 Å². The molecule has 36 heavy (non-hydrogen) atoms. The maximum Gasteiger partial charge on any atom is 0.160 e. The predicted molar refractivity (Wildman–Crippen MR) is 162 cm³/mol. The van der Waals surface area contributed by atoms with E-state index >= 15 is 0 Å². The molecule has 1 heterocycles. The van der Waals surface area contributed by atoms with Gasteiger partial charge in [-0.3, -0.25) is 0 Å². The third kappa shape index (κ3) is 6.07. The summed E-state index contributed by atoms with van der Waals surface area (Å²) >= 11 is 0. The number of rotatable bonds is 6. The second kappa shape index (κ2) is 9.75. The third-order valence-corrected chi connectivity index (χ3v) is 10.9. The molecule has 0 saturated carbocycles. The third-order valence-electron chi connectivity index (χ3n) is 6.12. The van der Waals surface area contributed by atoms with E-state index in [9.17, 15) is 9.13 Å². The molecule has 4 rings (SSSR count). The highest BCUT2D eigenvalue weighted by molar-refractivity contribution is 7.79. The molecular formula is C29H33N2O2P3. The van der Waals surface area contributed by atoms with Crippen molar-refractivity contribution in [3.63, 3.8) is 0 Å². The van der Waals surface area contributed by atoms with Crippen LogP contribution in [0.15, 0.2) is 78.9 Å². The van der Waals surface area contributed by atoms with Gasteiger partial charge in [-0.25, -0.2) is 9.97 Å². The van der Waals surface area contributed by atoms with Crippen molar-refractivity contribution in [1.29, 1.82) is 0 Å². The summed E-state index contributed by atoms with van der Waals surface area (Å²) in [5.41, 5.74) is 4.38. The smallest absolute Gasteiger partial charge is 0.160 e. The van der Waals surface area contributed by atoms with Crippen LogP contribution in [0.25, 0.3) is 33.9 Å². The highest BCUT2D eigenvalue weighted by atomic mass is 31.2. The van der Waals surface area contributed by atoms with E-state index in [2.05, 4.69) is 43.9 Å². The van der Waals surface area contributed by atoms with Crippen molar-refractivity contribution in [2.24, 2.45) is 0 Å². The normalized spacial score (nSPS) is 12.5. The fourth-order valence-corrected chi connectivity index (χ4v) is 6.56. The molecule has 0 saturated heterocycles. The summed E-state index contributed by atoms with van der Waals surface area (Å²) in [5.74, 6) is 0.635. The molecule has 0 N–H and O–H groups in total. The first-order valence-electron chi connectivity index (χ1n) is 11.7. The molecule has 3 aromatic carbocycles. The van der Waals surface area contributed by atoms with Crippen molar-refractivity contribution in [2.45, 2.75) is 0 Å². The summed E-state index contributed by atoms with van der Waals surface area (Å²) < 4.78 is 25.0. The number of hydrogen-bond donors (Lipinski definition) is 0. The van der Waals surface area contributed by atoms with E-state index < -0.39 is 21.2 Å². The van der Waals surface area contributed by atoms with Crippen LogP contribution >= 0.6 is 21.2 Å². The van der Waals surface area contributed by atoms with E-state index in [0.29, 0.717) is 5.82 Å². The Morgan fingerprint density at radius 3 is 1.19 bits per heavy atom. The molecule has 0 aliphatic heterocycles. The van der Waals surface area contributed by atoms with Gasteiger partial charge in [-0.05, 0) is 51.4 Å². The van der Waals surface area contributed by atoms with Gasteiger partial charge in [-0.1, -0.05) is 86.0 Å². The zero-order valence-electron chi connectivity index (χ0n) is 21.8. The van der Waals surface area contributed by atoms with E-state index in [4.69, 9.17) is 9.97 Å². The molecule has 0 spiro atoms. The monoisotopic (exact) mass is 534 g/mol. The molecule has 4 aromatic rings. The van der Waals surface area contributed by atoms with Crippen LogP contribution in [0.3, 0.4) is 0 Å². The highest BCUT2D eigenvalue weighted by Crippen LogP contribution is 2.37. The molecular weight excluding hydrogens is 501 g/mol. The minimum atomic E-state index is -2.34. The number of aromatic nitrogens is 2. The molecule has 186 valence electrons. The maximum atomic E-state index is 12.5. The summed E-state index contributed by atoms with van der Waals surface area (Å²) in [7, 11) is -4.68. The predicted octanol–water partition coefficient (Wildman–Crippen LogP) is 6.31. The molecule has 0 aliphatic carbocycles.